The van der Waals surface area contributed by atoms with Gasteiger partial charge in [0.25, 0.3) is 0 Å². The van der Waals surface area contributed by atoms with E-state index in [0.29, 0.717) is 12.1 Å². The van der Waals surface area contributed by atoms with E-state index >= 15 is 0 Å². The average Bonchev–Trinajstić information content (AvgIpc) is 2.22. The molecular weight excluding hydrogens is 326 g/mol. The second kappa shape index (κ2) is 5.72. The summed E-state index contributed by atoms with van der Waals surface area (Å²) in [6.45, 7) is 0. The van der Waals surface area contributed by atoms with Gasteiger partial charge in [-0.05, 0) is 12.1 Å². The van der Waals surface area contributed by atoms with Crippen LogP contribution in [0.5, 0.6) is 0 Å². The van der Waals surface area contributed by atoms with Crippen molar-refractivity contribution in [1.29, 1.82) is 0 Å². The third kappa shape index (κ3) is 3.24. The highest BCUT2D eigenvalue weighted by Crippen LogP contribution is 2.45. The van der Waals surface area contributed by atoms with Gasteiger partial charge in [-0.25, -0.2) is 8.78 Å². The highest BCUT2D eigenvalue weighted by molar-refractivity contribution is 6.31. The van der Waals surface area contributed by atoms with Crippen molar-refractivity contribution in [1.82, 2.24) is 0 Å². The summed E-state index contributed by atoms with van der Waals surface area (Å²) in [5, 5.41) is -1.20. The average molecular weight is 332 g/mol. The van der Waals surface area contributed by atoms with Gasteiger partial charge in [-0.1, -0.05) is 11.6 Å². The van der Waals surface area contributed by atoms with Crippen LogP contribution in [0.15, 0.2) is 12.1 Å². The normalized spacial score (nSPS) is 13.9. The van der Waals surface area contributed by atoms with E-state index in [9.17, 15) is 30.7 Å². The molecule has 0 unspecified atom stereocenters. The van der Waals surface area contributed by atoms with Gasteiger partial charge in [-0.15, -0.1) is 12.4 Å². The first-order chi connectivity index (χ1) is 8.00. The first kappa shape index (κ1) is 18.3. The Kier molecular flexibility index (Phi) is 5.50. The molecule has 0 spiro atoms. The van der Waals surface area contributed by atoms with Crippen molar-refractivity contribution in [2.24, 2.45) is 5.73 Å². The fraction of sp³-hybridized carbons (Fsp3) is 0.333. The molecule has 0 aliphatic rings. The lowest BCUT2D eigenvalue weighted by atomic mass is 10.00. The van der Waals surface area contributed by atoms with Gasteiger partial charge in [0, 0.05) is 5.56 Å². The summed E-state index contributed by atoms with van der Waals surface area (Å²) in [5.41, 5.74) is 3.25. The Morgan fingerprint density at radius 3 is 1.84 bits per heavy atom. The maximum Gasteiger partial charge on any atom is 0.455 e. The minimum absolute atomic E-state index is 0. The van der Waals surface area contributed by atoms with Crippen LogP contribution < -0.4 is 5.73 Å². The predicted molar refractivity (Wildman–Crippen MR) is 56.5 cm³/mol. The number of halogens is 9. The molecule has 0 saturated heterocycles. The van der Waals surface area contributed by atoms with Crippen LogP contribution in [0.2, 0.25) is 5.02 Å². The SMILES string of the molecule is Cl.N[C@H](c1c(F)ccc(F)c1Cl)C(F)(F)C(F)(F)F. The van der Waals surface area contributed by atoms with Crippen molar-refractivity contribution in [2.75, 3.05) is 0 Å². The Morgan fingerprint density at radius 2 is 1.42 bits per heavy atom. The Bertz CT molecular complexity index is 461. The lowest BCUT2D eigenvalue weighted by Crippen LogP contribution is -2.46. The Morgan fingerprint density at radius 1 is 1.00 bits per heavy atom. The van der Waals surface area contributed by atoms with Crippen molar-refractivity contribution >= 4 is 24.0 Å². The summed E-state index contributed by atoms with van der Waals surface area (Å²) >= 11 is 5.15. The maximum absolute atomic E-state index is 13.2. The van der Waals surface area contributed by atoms with E-state index in [0.717, 1.165) is 0 Å². The molecule has 0 radical (unpaired) electrons. The van der Waals surface area contributed by atoms with E-state index < -0.39 is 40.4 Å². The van der Waals surface area contributed by atoms with Crippen LogP contribution in [0, 0.1) is 11.6 Å². The molecule has 0 fully saturated rings. The molecular formula is C9H6Cl2F7N. The lowest BCUT2D eigenvalue weighted by molar-refractivity contribution is -0.291. The molecule has 0 bridgehead atoms. The van der Waals surface area contributed by atoms with Crippen molar-refractivity contribution < 1.29 is 30.7 Å². The molecule has 0 aliphatic heterocycles. The van der Waals surface area contributed by atoms with Crippen molar-refractivity contribution in [2.45, 2.75) is 18.1 Å². The molecule has 0 aliphatic carbocycles. The largest absolute Gasteiger partial charge is 0.455 e. The van der Waals surface area contributed by atoms with E-state index in [4.69, 9.17) is 11.6 Å². The van der Waals surface area contributed by atoms with Crippen LogP contribution in [-0.2, 0) is 0 Å². The summed E-state index contributed by atoms with van der Waals surface area (Å²) in [7, 11) is 0. The molecule has 0 saturated carbocycles. The molecule has 10 heteroatoms. The Balaban J connectivity index is 0.00000324. The fourth-order valence-corrected chi connectivity index (χ4v) is 1.46. The van der Waals surface area contributed by atoms with Crippen LogP contribution >= 0.6 is 24.0 Å². The van der Waals surface area contributed by atoms with E-state index in [1.807, 2.05) is 0 Å². The van der Waals surface area contributed by atoms with Gasteiger partial charge in [0.2, 0.25) is 0 Å². The maximum atomic E-state index is 13.2. The van der Waals surface area contributed by atoms with E-state index in [1.165, 1.54) is 0 Å². The second-order valence-corrected chi connectivity index (χ2v) is 3.73. The van der Waals surface area contributed by atoms with Gasteiger partial charge in [0.1, 0.15) is 17.7 Å². The first-order valence-electron chi connectivity index (χ1n) is 4.33. The lowest BCUT2D eigenvalue weighted by Gasteiger charge is -2.26. The van der Waals surface area contributed by atoms with Crippen molar-refractivity contribution in [3.05, 3.63) is 34.4 Å². The highest BCUT2D eigenvalue weighted by atomic mass is 35.5. The number of hydrogen-bond acceptors (Lipinski definition) is 1. The first-order valence-corrected chi connectivity index (χ1v) is 4.71. The van der Waals surface area contributed by atoms with Crippen molar-refractivity contribution in [3.63, 3.8) is 0 Å². The third-order valence-corrected chi connectivity index (χ3v) is 2.54. The van der Waals surface area contributed by atoms with E-state index in [2.05, 4.69) is 5.73 Å². The zero-order chi connectivity index (χ0) is 14.3. The summed E-state index contributed by atoms with van der Waals surface area (Å²) in [6, 6.07) is -2.29. The minimum atomic E-state index is -6.01. The zero-order valence-electron chi connectivity index (χ0n) is 8.74. The quantitative estimate of drug-likeness (QED) is 0.636. The monoisotopic (exact) mass is 331 g/mol. The van der Waals surface area contributed by atoms with E-state index in [1.54, 1.807) is 0 Å². The van der Waals surface area contributed by atoms with Gasteiger partial charge in [0.05, 0.1) is 5.02 Å². The number of alkyl halides is 5. The molecule has 1 atom stereocenters. The van der Waals surface area contributed by atoms with Gasteiger partial charge in [-0.2, -0.15) is 22.0 Å². The van der Waals surface area contributed by atoms with Gasteiger partial charge in [-0.3, -0.25) is 0 Å². The predicted octanol–water partition coefficient (Wildman–Crippen LogP) is 4.24. The Labute approximate surface area is 113 Å². The third-order valence-electron chi connectivity index (χ3n) is 2.16. The topological polar surface area (TPSA) is 26.0 Å². The van der Waals surface area contributed by atoms with Crippen LogP contribution in [0.3, 0.4) is 0 Å². The second-order valence-electron chi connectivity index (χ2n) is 3.36. The summed E-state index contributed by atoms with van der Waals surface area (Å²) < 4.78 is 88.0. The fourth-order valence-electron chi connectivity index (χ4n) is 1.19. The standard InChI is InChI=1S/C9H5ClF7N.ClH/c10-6-4(12)2-1-3(11)5(6)7(18)8(13,14)9(15,16)17;/h1-2,7H,18H2;1H/t7-;/m1./s1. The zero-order valence-corrected chi connectivity index (χ0v) is 10.3. The van der Waals surface area contributed by atoms with Gasteiger partial charge >= 0.3 is 12.1 Å². The van der Waals surface area contributed by atoms with Crippen LogP contribution in [-0.4, -0.2) is 12.1 Å². The van der Waals surface area contributed by atoms with Crippen molar-refractivity contribution in [3.8, 4) is 0 Å². The number of hydrogen-bond donors (Lipinski definition) is 1. The number of nitrogens with two attached hydrogens (primary N) is 1. The number of rotatable bonds is 2. The molecule has 1 nitrogen and oxygen atoms in total. The van der Waals surface area contributed by atoms with E-state index in [-0.39, 0.29) is 12.4 Å². The molecule has 0 aromatic heterocycles. The van der Waals surface area contributed by atoms with Gasteiger partial charge < -0.3 is 5.73 Å². The summed E-state index contributed by atoms with van der Waals surface area (Å²) in [5.74, 6) is -8.33. The molecule has 19 heavy (non-hydrogen) atoms. The number of benzene rings is 1. The van der Waals surface area contributed by atoms with Crippen LogP contribution in [0.4, 0.5) is 30.7 Å². The summed E-state index contributed by atoms with van der Waals surface area (Å²) in [4.78, 5) is 0. The highest BCUT2D eigenvalue weighted by Gasteiger charge is 2.62. The molecule has 110 valence electrons. The smallest absolute Gasteiger partial charge is 0.319 e. The molecule has 1 rings (SSSR count). The van der Waals surface area contributed by atoms with Gasteiger partial charge in [0.15, 0.2) is 0 Å². The molecule has 1 aromatic carbocycles. The molecule has 0 heterocycles. The molecule has 2 N–H and O–H groups in total. The molecule has 0 amide bonds. The minimum Gasteiger partial charge on any atom is -0.319 e. The molecule has 1 aromatic rings. The summed E-state index contributed by atoms with van der Waals surface area (Å²) in [6.07, 6.45) is -6.01. The Hall–Kier alpha value is -0.730. The van der Waals surface area contributed by atoms with Crippen LogP contribution in [0.25, 0.3) is 0 Å². The van der Waals surface area contributed by atoms with Crippen LogP contribution in [0.1, 0.15) is 11.6 Å².